The zero-order chi connectivity index (χ0) is 23.4. The van der Waals surface area contributed by atoms with Crippen molar-refractivity contribution in [2.45, 2.75) is 32.2 Å². The van der Waals surface area contributed by atoms with E-state index < -0.39 is 5.97 Å². The van der Waals surface area contributed by atoms with Gasteiger partial charge in [0.2, 0.25) is 5.91 Å². The van der Waals surface area contributed by atoms with E-state index in [1.54, 1.807) is 0 Å². The summed E-state index contributed by atoms with van der Waals surface area (Å²) in [4.78, 5) is 27.2. The Labute approximate surface area is 197 Å². The molecule has 0 spiro atoms. The Bertz CT molecular complexity index is 1300. The number of rotatable bonds is 8. The SMILES string of the molecule is Cc1ccc(Cl)c(C(NC(=O)Cc2ccc3[nH]cc(CCC(=O)O)c3c2)c2ccccc2)c1. The first-order chi connectivity index (χ1) is 15.9. The summed E-state index contributed by atoms with van der Waals surface area (Å²) in [6.45, 7) is 2.00. The average molecular weight is 461 g/mol. The number of H-pyrrole nitrogens is 1. The lowest BCUT2D eigenvalue weighted by atomic mass is 9.96. The molecule has 6 heteroatoms. The predicted octanol–water partition coefficient (Wildman–Crippen LogP) is 5.60. The zero-order valence-electron chi connectivity index (χ0n) is 18.3. The number of hydrogen-bond donors (Lipinski definition) is 3. The number of carboxylic acids is 1. The second-order valence-electron chi connectivity index (χ2n) is 8.20. The van der Waals surface area contributed by atoms with Gasteiger partial charge < -0.3 is 15.4 Å². The standard InChI is InChI=1S/C27H25ClN2O3/c1-17-7-10-23(28)22(13-17)27(19-5-3-2-4-6-19)30-25(31)15-18-8-11-24-21(14-18)20(16-29-24)9-12-26(32)33/h2-8,10-11,13-14,16,27,29H,9,12,15H2,1H3,(H,30,31)(H,32,33). The van der Waals surface area contributed by atoms with E-state index in [1.807, 2.05) is 79.9 Å². The lowest BCUT2D eigenvalue weighted by molar-refractivity contribution is -0.137. The Balaban J connectivity index is 1.57. The number of amides is 1. The molecule has 4 aromatic rings. The van der Waals surface area contributed by atoms with Crippen molar-refractivity contribution in [1.29, 1.82) is 0 Å². The van der Waals surface area contributed by atoms with Crippen molar-refractivity contribution >= 4 is 34.4 Å². The average Bonchev–Trinajstić information content (AvgIpc) is 3.20. The predicted molar refractivity (Wildman–Crippen MR) is 131 cm³/mol. The van der Waals surface area contributed by atoms with Gasteiger partial charge in [-0.05, 0) is 53.8 Å². The molecule has 1 atom stereocenters. The van der Waals surface area contributed by atoms with Gasteiger partial charge in [0.1, 0.15) is 0 Å². The second kappa shape index (κ2) is 9.92. The van der Waals surface area contributed by atoms with Crippen molar-refractivity contribution in [3.63, 3.8) is 0 Å². The largest absolute Gasteiger partial charge is 0.481 e. The highest BCUT2D eigenvalue weighted by atomic mass is 35.5. The summed E-state index contributed by atoms with van der Waals surface area (Å²) in [6, 6.07) is 21.0. The van der Waals surface area contributed by atoms with Crippen molar-refractivity contribution in [2.75, 3.05) is 0 Å². The Morgan fingerprint density at radius 2 is 1.85 bits per heavy atom. The first-order valence-electron chi connectivity index (χ1n) is 10.8. The van der Waals surface area contributed by atoms with Gasteiger partial charge in [0.25, 0.3) is 0 Å². The van der Waals surface area contributed by atoms with Gasteiger partial charge >= 0.3 is 5.97 Å². The lowest BCUT2D eigenvalue weighted by Gasteiger charge is -2.21. The third-order valence-electron chi connectivity index (χ3n) is 5.71. The molecule has 0 aliphatic rings. The fraction of sp³-hybridized carbons (Fsp3) is 0.185. The number of carbonyl (C=O) groups is 2. The van der Waals surface area contributed by atoms with E-state index in [2.05, 4.69) is 10.3 Å². The minimum atomic E-state index is -0.832. The van der Waals surface area contributed by atoms with E-state index in [1.165, 1.54) is 0 Å². The van der Waals surface area contributed by atoms with Crippen LogP contribution in [-0.2, 0) is 22.4 Å². The Kier molecular flexibility index (Phi) is 6.80. The van der Waals surface area contributed by atoms with Crippen LogP contribution in [0.4, 0.5) is 0 Å². The summed E-state index contributed by atoms with van der Waals surface area (Å²) in [5.41, 5.74) is 5.59. The summed E-state index contributed by atoms with van der Waals surface area (Å²) in [5.74, 6) is -0.954. The molecule has 0 fully saturated rings. The minimum Gasteiger partial charge on any atom is -0.481 e. The number of carbonyl (C=O) groups excluding carboxylic acids is 1. The van der Waals surface area contributed by atoms with Crippen molar-refractivity contribution < 1.29 is 14.7 Å². The summed E-state index contributed by atoms with van der Waals surface area (Å²) >= 11 is 6.51. The first-order valence-corrected chi connectivity index (χ1v) is 11.2. The molecule has 0 saturated carbocycles. The van der Waals surface area contributed by atoms with E-state index in [9.17, 15) is 9.59 Å². The van der Waals surface area contributed by atoms with E-state index in [0.717, 1.165) is 38.7 Å². The Morgan fingerprint density at radius 1 is 1.06 bits per heavy atom. The quantitative estimate of drug-likeness (QED) is 0.320. The number of aromatic amines is 1. The summed E-state index contributed by atoms with van der Waals surface area (Å²) in [5, 5.41) is 13.7. The van der Waals surface area contributed by atoms with Crippen LogP contribution in [0.1, 0.15) is 40.3 Å². The molecule has 0 saturated heterocycles. The van der Waals surface area contributed by atoms with Gasteiger partial charge in [-0.2, -0.15) is 0 Å². The van der Waals surface area contributed by atoms with Crippen molar-refractivity contribution in [1.82, 2.24) is 10.3 Å². The first kappa shape index (κ1) is 22.6. The van der Waals surface area contributed by atoms with Gasteiger partial charge in [0.15, 0.2) is 0 Å². The minimum absolute atomic E-state index is 0.0632. The number of aliphatic carboxylic acids is 1. The van der Waals surface area contributed by atoms with E-state index >= 15 is 0 Å². The molecule has 1 unspecified atom stereocenters. The van der Waals surface area contributed by atoms with Crippen LogP contribution in [0.3, 0.4) is 0 Å². The Morgan fingerprint density at radius 3 is 2.61 bits per heavy atom. The molecular formula is C27H25ClN2O3. The topological polar surface area (TPSA) is 82.2 Å². The van der Waals surface area contributed by atoms with Crippen LogP contribution in [0.15, 0.2) is 72.9 Å². The zero-order valence-corrected chi connectivity index (χ0v) is 19.0. The van der Waals surface area contributed by atoms with Crippen LogP contribution in [-0.4, -0.2) is 22.0 Å². The van der Waals surface area contributed by atoms with Gasteiger partial charge in [-0.15, -0.1) is 0 Å². The highest BCUT2D eigenvalue weighted by molar-refractivity contribution is 6.31. The molecule has 168 valence electrons. The number of fused-ring (bicyclic) bond motifs is 1. The number of benzene rings is 3. The normalized spacial score (nSPS) is 11.9. The number of nitrogens with one attached hydrogen (secondary N) is 2. The molecule has 5 nitrogen and oxygen atoms in total. The molecule has 3 N–H and O–H groups in total. The lowest BCUT2D eigenvalue weighted by Crippen LogP contribution is -2.30. The molecule has 3 aromatic carbocycles. The van der Waals surface area contributed by atoms with E-state index in [0.29, 0.717) is 11.4 Å². The molecule has 33 heavy (non-hydrogen) atoms. The van der Waals surface area contributed by atoms with Gasteiger partial charge in [-0.3, -0.25) is 9.59 Å². The highest BCUT2D eigenvalue weighted by Crippen LogP contribution is 2.29. The van der Waals surface area contributed by atoms with E-state index in [-0.39, 0.29) is 24.8 Å². The van der Waals surface area contributed by atoms with Crippen LogP contribution in [0, 0.1) is 6.92 Å². The number of aryl methyl sites for hydroxylation is 2. The van der Waals surface area contributed by atoms with Crippen molar-refractivity contribution in [3.05, 3.63) is 106 Å². The molecule has 1 heterocycles. The third-order valence-corrected chi connectivity index (χ3v) is 6.05. The molecule has 0 radical (unpaired) electrons. The molecule has 4 rings (SSSR count). The summed E-state index contributed by atoms with van der Waals surface area (Å²) < 4.78 is 0. The summed E-state index contributed by atoms with van der Waals surface area (Å²) in [7, 11) is 0. The van der Waals surface area contributed by atoms with Crippen molar-refractivity contribution in [3.8, 4) is 0 Å². The van der Waals surface area contributed by atoms with Gasteiger partial charge in [0.05, 0.1) is 12.5 Å². The third kappa shape index (κ3) is 5.44. The monoisotopic (exact) mass is 460 g/mol. The smallest absolute Gasteiger partial charge is 0.303 e. The number of aromatic nitrogens is 1. The molecule has 1 amide bonds. The molecule has 0 bridgehead atoms. The fourth-order valence-electron chi connectivity index (χ4n) is 4.05. The fourth-order valence-corrected chi connectivity index (χ4v) is 4.28. The van der Waals surface area contributed by atoms with Crippen LogP contribution in [0.5, 0.6) is 0 Å². The molecule has 0 aliphatic carbocycles. The maximum Gasteiger partial charge on any atom is 0.303 e. The molecule has 1 aromatic heterocycles. The van der Waals surface area contributed by atoms with Crippen molar-refractivity contribution in [2.24, 2.45) is 0 Å². The van der Waals surface area contributed by atoms with E-state index in [4.69, 9.17) is 16.7 Å². The van der Waals surface area contributed by atoms with Crippen LogP contribution in [0.25, 0.3) is 10.9 Å². The van der Waals surface area contributed by atoms with Crippen LogP contribution >= 0.6 is 11.6 Å². The van der Waals surface area contributed by atoms with Crippen LogP contribution in [0.2, 0.25) is 5.02 Å². The molecular weight excluding hydrogens is 436 g/mol. The maximum atomic E-state index is 13.1. The van der Waals surface area contributed by atoms with Gasteiger partial charge in [0, 0.05) is 28.5 Å². The molecule has 0 aliphatic heterocycles. The maximum absolute atomic E-state index is 13.1. The number of halogens is 1. The van der Waals surface area contributed by atoms with Gasteiger partial charge in [-0.1, -0.05) is 65.7 Å². The number of hydrogen-bond acceptors (Lipinski definition) is 2. The Hall–Kier alpha value is -3.57. The second-order valence-corrected chi connectivity index (χ2v) is 8.61. The van der Waals surface area contributed by atoms with Crippen LogP contribution < -0.4 is 5.32 Å². The summed E-state index contributed by atoms with van der Waals surface area (Å²) in [6.07, 6.45) is 2.54. The number of carboxylic acid groups (broad SMARTS) is 1. The highest BCUT2D eigenvalue weighted by Gasteiger charge is 2.20. The van der Waals surface area contributed by atoms with Gasteiger partial charge in [-0.25, -0.2) is 0 Å².